The quantitative estimate of drug-likeness (QED) is 0.222. The van der Waals surface area contributed by atoms with Crippen molar-refractivity contribution < 1.29 is 4.74 Å². The first-order valence-corrected chi connectivity index (χ1v) is 7.15. The molecule has 0 radical (unpaired) electrons. The van der Waals surface area contributed by atoms with Crippen LogP contribution in [-0.4, -0.2) is 32.3 Å². The third-order valence-corrected chi connectivity index (χ3v) is 2.99. The number of benzene rings is 1. The molecule has 5 heteroatoms. The van der Waals surface area contributed by atoms with Crippen LogP contribution in [0.25, 0.3) is 0 Å². The van der Waals surface area contributed by atoms with Gasteiger partial charge < -0.3 is 10.1 Å². The molecular formula is C15H26N4O. The van der Waals surface area contributed by atoms with Crippen molar-refractivity contribution >= 4 is 5.96 Å². The highest BCUT2D eigenvalue weighted by Gasteiger charge is 2.04. The van der Waals surface area contributed by atoms with Gasteiger partial charge in [0.05, 0.1) is 0 Å². The molecule has 0 bridgehead atoms. The Morgan fingerprint density at radius 3 is 2.75 bits per heavy atom. The summed E-state index contributed by atoms with van der Waals surface area (Å²) in [6.07, 6.45) is 0.933. The molecule has 0 amide bonds. The first-order valence-electron chi connectivity index (χ1n) is 7.15. The number of hydrogen-bond donors (Lipinski definition) is 3. The summed E-state index contributed by atoms with van der Waals surface area (Å²) in [5, 5.41) is 3.17. The van der Waals surface area contributed by atoms with Crippen LogP contribution in [0.2, 0.25) is 0 Å². The lowest BCUT2D eigenvalue weighted by atomic mass is 10.0. The summed E-state index contributed by atoms with van der Waals surface area (Å²) >= 11 is 0. The predicted molar refractivity (Wildman–Crippen MR) is 83.6 cm³/mol. The highest BCUT2D eigenvalue weighted by atomic mass is 16.5. The molecule has 1 aromatic carbocycles. The number of aliphatic imine (C=N–C) groups is 1. The molecule has 1 unspecified atom stereocenters. The molecule has 1 atom stereocenters. The number of nitrogens with zero attached hydrogens (tertiary/aromatic N) is 1. The predicted octanol–water partition coefficient (Wildman–Crippen LogP) is 1.63. The Morgan fingerprint density at radius 1 is 1.35 bits per heavy atom. The van der Waals surface area contributed by atoms with Gasteiger partial charge in [0.1, 0.15) is 0 Å². The number of hydrazine groups is 1. The zero-order valence-electron chi connectivity index (χ0n) is 12.4. The molecule has 20 heavy (non-hydrogen) atoms. The summed E-state index contributed by atoms with van der Waals surface area (Å²) in [5.74, 6) is 6.46. The van der Waals surface area contributed by atoms with E-state index in [0.29, 0.717) is 18.4 Å². The first-order chi connectivity index (χ1) is 9.77. The topological polar surface area (TPSA) is 71.7 Å². The number of rotatable bonds is 8. The van der Waals surface area contributed by atoms with Crippen LogP contribution >= 0.6 is 0 Å². The Bertz CT molecular complexity index is 381. The lowest BCUT2D eigenvalue weighted by Crippen LogP contribution is -2.42. The molecule has 0 spiro atoms. The molecule has 1 aromatic rings. The van der Waals surface area contributed by atoms with E-state index in [1.165, 1.54) is 5.56 Å². The van der Waals surface area contributed by atoms with Crippen molar-refractivity contribution in [3.63, 3.8) is 0 Å². The summed E-state index contributed by atoms with van der Waals surface area (Å²) in [4.78, 5) is 4.46. The number of guanidine groups is 1. The van der Waals surface area contributed by atoms with E-state index >= 15 is 0 Å². The number of nitrogens with one attached hydrogen (secondary N) is 2. The first kappa shape index (κ1) is 16.5. The fourth-order valence-electron chi connectivity index (χ4n) is 1.79. The third kappa shape index (κ3) is 6.54. The van der Waals surface area contributed by atoms with Crippen molar-refractivity contribution in [1.29, 1.82) is 0 Å². The number of ether oxygens (including phenoxy) is 1. The van der Waals surface area contributed by atoms with Crippen LogP contribution in [0.3, 0.4) is 0 Å². The fourth-order valence-corrected chi connectivity index (χ4v) is 1.79. The van der Waals surface area contributed by atoms with Gasteiger partial charge in [-0.05, 0) is 18.9 Å². The molecular weight excluding hydrogens is 252 g/mol. The minimum Gasteiger partial charge on any atom is -0.382 e. The van der Waals surface area contributed by atoms with E-state index in [4.69, 9.17) is 10.6 Å². The smallest absolute Gasteiger partial charge is 0.205 e. The standard InChI is InChI=1S/C15H26N4O/c1-3-20-11-7-10-17-15(19-16)18-12-13(2)14-8-5-4-6-9-14/h4-6,8-9,13H,3,7,10-12,16H2,1-2H3,(H2,17,18,19). The lowest BCUT2D eigenvalue weighted by Gasteiger charge is -2.12. The van der Waals surface area contributed by atoms with Crippen molar-refractivity contribution in [2.45, 2.75) is 26.2 Å². The highest BCUT2D eigenvalue weighted by Crippen LogP contribution is 2.14. The molecule has 5 nitrogen and oxygen atoms in total. The van der Waals surface area contributed by atoms with E-state index in [9.17, 15) is 0 Å². The zero-order chi connectivity index (χ0) is 14.6. The second-order valence-electron chi connectivity index (χ2n) is 4.62. The van der Waals surface area contributed by atoms with Gasteiger partial charge in [0.15, 0.2) is 0 Å². The second-order valence-corrected chi connectivity index (χ2v) is 4.62. The molecule has 0 saturated heterocycles. The van der Waals surface area contributed by atoms with Gasteiger partial charge in [-0.3, -0.25) is 10.4 Å². The van der Waals surface area contributed by atoms with Crippen LogP contribution in [0.4, 0.5) is 0 Å². The van der Waals surface area contributed by atoms with Crippen LogP contribution in [0, 0.1) is 0 Å². The Balaban J connectivity index is 2.33. The van der Waals surface area contributed by atoms with Gasteiger partial charge in [-0.15, -0.1) is 0 Å². The summed E-state index contributed by atoms with van der Waals surface area (Å²) in [6, 6.07) is 10.3. The molecule has 0 aliphatic carbocycles. The van der Waals surface area contributed by atoms with Crippen LogP contribution < -0.4 is 16.6 Å². The van der Waals surface area contributed by atoms with Gasteiger partial charge in [-0.1, -0.05) is 37.3 Å². The van der Waals surface area contributed by atoms with E-state index in [0.717, 1.165) is 26.2 Å². The average Bonchev–Trinajstić information content (AvgIpc) is 2.50. The Kier molecular flexibility index (Phi) is 8.42. The van der Waals surface area contributed by atoms with E-state index in [-0.39, 0.29) is 0 Å². The molecule has 0 aromatic heterocycles. The number of hydrogen-bond acceptors (Lipinski definition) is 3. The van der Waals surface area contributed by atoms with Crippen LogP contribution in [0.1, 0.15) is 31.7 Å². The Labute approximate surface area is 121 Å². The number of nitrogens with two attached hydrogens (primary N) is 1. The van der Waals surface area contributed by atoms with Gasteiger partial charge in [0.25, 0.3) is 0 Å². The molecule has 4 N–H and O–H groups in total. The van der Waals surface area contributed by atoms with E-state index in [2.05, 4.69) is 34.8 Å². The van der Waals surface area contributed by atoms with Gasteiger partial charge in [0.2, 0.25) is 5.96 Å². The minimum atomic E-state index is 0.366. The van der Waals surface area contributed by atoms with Crippen molar-refractivity contribution in [3.05, 3.63) is 35.9 Å². The van der Waals surface area contributed by atoms with Gasteiger partial charge >= 0.3 is 0 Å². The van der Waals surface area contributed by atoms with E-state index in [1.807, 2.05) is 25.1 Å². The maximum absolute atomic E-state index is 5.46. The monoisotopic (exact) mass is 278 g/mol. The molecule has 1 rings (SSSR count). The van der Waals surface area contributed by atoms with Gasteiger partial charge in [0, 0.05) is 32.2 Å². The van der Waals surface area contributed by atoms with Crippen molar-refractivity contribution in [2.24, 2.45) is 10.8 Å². The SMILES string of the molecule is CCOCCCNC(=NCC(C)c1ccccc1)NN. The van der Waals surface area contributed by atoms with Gasteiger partial charge in [-0.2, -0.15) is 0 Å². The molecule has 112 valence electrons. The third-order valence-electron chi connectivity index (χ3n) is 2.99. The summed E-state index contributed by atoms with van der Waals surface area (Å²) < 4.78 is 5.27. The van der Waals surface area contributed by atoms with Crippen LogP contribution in [0.5, 0.6) is 0 Å². The maximum Gasteiger partial charge on any atom is 0.205 e. The summed E-state index contributed by atoms with van der Waals surface area (Å²) in [5.41, 5.74) is 3.88. The van der Waals surface area contributed by atoms with E-state index < -0.39 is 0 Å². The summed E-state index contributed by atoms with van der Waals surface area (Å²) in [6.45, 7) is 7.14. The summed E-state index contributed by atoms with van der Waals surface area (Å²) in [7, 11) is 0. The highest BCUT2D eigenvalue weighted by molar-refractivity contribution is 5.79. The minimum absolute atomic E-state index is 0.366. The molecule has 0 aliphatic heterocycles. The van der Waals surface area contributed by atoms with Gasteiger partial charge in [-0.25, -0.2) is 5.84 Å². The second kappa shape index (κ2) is 10.2. The van der Waals surface area contributed by atoms with Crippen molar-refractivity contribution in [3.8, 4) is 0 Å². The molecule has 0 fully saturated rings. The van der Waals surface area contributed by atoms with E-state index in [1.54, 1.807) is 0 Å². The van der Waals surface area contributed by atoms with Crippen molar-refractivity contribution in [1.82, 2.24) is 10.7 Å². The molecule has 0 aliphatic rings. The van der Waals surface area contributed by atoms with Crippen molar-refractivity contribution in [2.75, 3.05) is 26.3 Å². The Morgan fingerprint density at radius 2 is 2.10 bits per heavy atom. The lowest BCUT2D eigenvalue weighted by molar-refractivity contribution is 0.145. The fraction of sp³-hybridized carbons (Fsp3) is 0.533. The molecule has 0 saturated carbocycles. The maximum atomic E-state index is 5.46. The van der Waals surface area contributed by atoms with Crippen LogP contribution in [0.15, 0.2) is 35.3 Å². The van der Waals surface area contributed by atoms with Crippen LogP contribution in [-0.2, 0) is 4.74 Å². The largest absolute Gasteiger partial charge is 0.382 e. The zero-order valence-corrected chi connectivity index (χ0v) is 12.4. The normalized spacial score (nSPS) is 13.1. The Hall–Kier alpha value is -1.59. The average molecular weight is 278 g/mol. The molecule has 0 heterocycles.